The van der Waals surface area contributed by atoms with Crippen LogP contribution in [0.4, 0.5) is 4.39 Å². The molecule has 0 saturated carbocycles. The third-order valence-electron chi connectivity index (χ3n) is 3.70. The van der Waals surface area contributed by atoms with Crippen molar-refractivity contribution in [2.24, 2.45) is 0 Å². The molecule has 1 N–H and O–H groups in total. The van der Waals surface area contributed by atoms with Gasteiger partial charge in [-0.2, -0.15) is 5.26 Å². The molecule has 0 fully saturated rings. The fourth-order valence-electron chi connectivity index (χ4n) is 2.39. The van der Waals surface area contributed by atoms with Crippen molar-refractivity contribution in [1.29, 1.82) is 5.26 Å². The van der Waals surface area contributed by atoms with Crippen LogP contribution in [0, 0.1) is 17.1 Å². The highest BCUT2D eigenvalue weighted by Gasteiger charge is 2.14. The van der Waals surface area contributed by atoms with E-state index in [-0.39, 0.29) is 22.9 Å². The molecule has 0 radical (unpaired) electrons. The van der Waals surface area contributed by atoms with Crippen LogP contribution >= 0.6 is 23.4 Å². The molecule has 0 aliphatic rings. The van der Waals surface area contributed by atoms with Gasteiger partial charge in [-0.15, -0.1) is 0 Å². The van der Waals surface area contributed by atoms with Crippen LogP contribution in [0.15, 0.2) is 52.4 Å². The standard InChI is InChI=1S/C19H13ClFN3O2S/c1-27-19-23-17(14(9-22)18(25)24-19)12-3-2-4-13(8-12)26-10-11-5-6-15(20)16(21)7-11/h2-8H,10H2,1H3,(H,23,24,25). The van der Waals surface area contributed by atoms with Gasteiger partial charge >= 0.3 is 0 Å². The summed E-state index contributed by atoms with van der Waals surface area (Å²) in [5, 5.41) is 9.76. The molecule has 8 heteroatoms. The number of hydrogen-bond acceptors (Lipinski definition) is 5. The van der Waals surface area contributed by atoms with Crippen LogP contribution in [0.25, 0.3) is 11.3 Å². The van der Waals surface area contributed by atoms with Crippen molar-refractivity contribution in [1.82, 2.24) is 9.97 Å². The van der Waals surface area contributed by atoms with E-state index in [2.05, 4.69) is 9.97 Å². The van der Waals surface area contributed by atoms with Gasteiger partial charge in [0.2, 0.25) is 0 Å². The lowest BCUT2D eigenvalue weighted by Gasteiger charge is -2.10. The molecular weight excluding hydrogens is 389 g/mol. The molecule has 0 atom stereocenters. The van der Waals surface area contributed by atoms with Crippen molar-refractivity contribution in [3.05, 3.63) is 74.8 Å². The number of ether oxygens (including phenoxy) is 1. The van der Waals surface area contributed by atoms with Gasteiger partial charge in [-0.3, -0.25) is 4.79 Å². The molecule has 0 aliphatic heterocycles. The molecule has 0 aliphatic carbocycles. The van der Waals surface area contributed by atoms with E-state index in [9.17, 15) is 14.4 Å². The second-order valence-electron chi connectivity index (χ2n) is 5.48. The lowest BCUT2D eigenvalue weighted by atomic mass is 10.1. The molecule has 27 heavy (non-hydrogen) atoms. The maximum atomic E-state index is 13.5. The predicted octanol–water partition coefficient (Wildman–Crippen LogP) is 4.40. The molecule has 0 spiro atoms. The fraction of sp³-hybridized carbons (Fsp3) is 0.105. The molecule has 0 saturated heterocycles. The number of benzene rings is 2. The topological polar surface area (TPSA) is 78.8 Å². The number of nitrogens with one attached hydrogen (secondary N) is 1. The highest BCUT2D eigenvalue weighted by Crippen LogP contribution is 2.26. The summed E-state index contributed by atoms with van der Waals surface area (Å²) < 4.78 is 19.2. The first-order chi connectivity index (χ1) is 13.0. The zero-order valence-electron chi connectivity index (χ0n) is 14.1. The van der Waals surface area contributed by atoms with Gasteiger partial charge in [-0.1, -0.05) is 41.6 Å². The molecule has 0 bridgehead atoms. The van der Waals surface area contributed by atoms with E-state index in [4.69, 9.17) is 16.3 Å². The zero-order chi connectivity index (χ0) is 19.4. The van der Waals surface area contributed by atoms with Gasteiger partial charge in [-0.05, 0) is 36.1 Å². The first-order valence-corrected chi connectivity index (χ1v) is 9.37. The van der Waals surface area contributed by atoms with E-state index >= 15 is 0 Å². The maximum Gasteiger partial charge on any atom is 0.270 e. The molecule has 3 aromatic rings. The van der Waals surface area contributed by atoms with Crippen molar-refractivity contribution in [2.75, 3.05) is 6.26 Å². The average molecular weight is 402 g/mol. The third kappa shape index (κ3) is 4.30. The van der Waals surface area contributed by atoms with E-state index in [1.165, 1.54) is 23.9 Å². The van der Waals surface area contributed by atoms with Gasteiger partial charge in [0.05, 0.1) is 10.7 Å². The summed E-state index contributed by atoms with van der Waals surface area (Å²) in [5.41, 5.74) is 0.930. The van der Waals surface area contributed by atoms with Crippen LogP contribution in [0.2, 0.25) is 5.02 Å². The first-order valence-electron chi connectivity index (χ1n) is 7.77. The van der Waals surface area contributed by atoms with Crippen molar-refractivity contribution < 1.29 is 9.13 Å². The third-order valence-corrected chi connectivity index (χ3v) is 4.59. The Labute approximate surface area is 163 Å². The summed E-state index contributed by atoms with van der Waals surface area (Å²) in [6.07, 6.45) is 1.78. The minimum Gasteiger partial charge on any atom is -0.489 e. The molecule has 0 unspecified atom stereocenters. The summed E-state index contributed by atoms with van der Waals surface area (Å²) >= 11 is 6.95. The molecule has 136 valence electrons. The highest BCUT2D eigenvalue weighted by atomic mass is 35.5. The summed E-state index contributed by atoms with van der Waals surface area (Å²) in [7, 11) is 0. The van der Waals surface area contributed by atoms with Crippen molar-refractivity contribution in [3.63, 3.8) is 0 Å². The molecule has 1 heterocycles. The van der Waals surface area contributed by atoms with Crippen LogP contribution in [-0.4, -0.2) is 16.2 Å². The van der Waals surface area contributed by atoms with Crippen molar-refractivity contribution >= 4 is 23.4 Å². The number of halogens is 2. The van der Waals surface area contributed by atoms with Crippen LogP contribution < -0.4 is 10.3 Å². The number of aromatic amines is 1. The van der Waals surface area contributed by atoms with E-state index in [1.54, 1.807) is 36.6 Å². The Morgan fingerprint density at radius 3 is 2.85 bits per heavy atom. The molecule has 5 nitrogen and oxygen atoms in total. The lowest BCUT2D eigenvalue weighted by Crippen LogP contribution is -2.14. The molecule has 2 aromatic carbocycles. The molecule has 1 aromatic heterocycles. The number of hydrogen-bond donors (Lipinski definition) is 1. The van der Waals surface area contributed by atoms with E-state index in [0.29, 0.717) is 22.0 Å². The first kappa shape index (κ1) is 19.0. The number of aromatic nitrogens is 2. The Morgan fingerprint density at radius 2 is 2.15 bits per heavy atom. The van der Waals surface area contributed by atoms with Gasteiger partial charge < -0.3 is 9.72 Å². The van der Waals surface area contributed by atoms with Gasteiger partial charge in [0, 0.05) is 5.56 Å². The predicted molar refractivity (Wildman–Crippen MR) is 103 cm³/mol. The summed E-state index contributed by atoms with van der Waals surface area (Å²) in [4.78, 5) is 19.0. The van der Waals surface area contributed by atoms with Crippen LogP contribution in [0.3, 0.4) is 0 Å². The Hall–Kier alpha value is -2.82. The zero-order valence-corrected chi connectivity index (χ0v) is 15.7. The quantitative estimate of drug-likeness (QED) is 0.506. The largest absolute Gasteiger partial charge is 0.489 e. The Kier molecular flexibility index (Phi) is 5.79. The number of rotatable bonds is 5. The van der Waals surface area contributed by atoms with Gasteiger partial charge in [0.15, 0.2) is 5.16 Å². The van der Waals surface area contributed by atoms with Crippen LogP contribution in [-0.2, 0) is 6.61 Å². The molecule has 0 amide bonds. The Balaban J connectivity index is 1.90. The van der Waals surface area contributed by atoms with Crippen LogP contribution in [0.1, 0.15) is 11.1 Å². The van der Waals surface area contributed by atoms with Gasteiger partial charge in [-0.25, -0.2) is 9.37 Å². The van der Waals surface area contributed by atoms with E-state index in [1.807, 2.05) is 6.07 Å². The average Bonchev–Trinajstić information content (AvgIpc) is 2.68. The fourth-order valence-corrected chi connectivity index (χ4v) is 2.89. The van der Waals surface area contributed by atoms with Gasteiger partial charge in [0.25, 0.3) is 5.56 Å². The highest BCUT2D eigenvalue weighted by molar-refractivity contribution is 7.98. The van der Waals surface area contributed by atoms with E-state index in [0.717, 1.165) is 0 Å². The Bertz CT molecular complexity index is 1100. The minimum absolute atomic E-state index is 0.0507. The number of nitrogens with zero attached hydrogens (tertiary/aromatic N) is 2. The van der Waals surface area contributed by atoms with E-state index < -0.39 is 11.4 Å². The van der Waals surface area contributed by atoms with Crippen molar-refractivity contribution in [3.8, 4) is 23.1 Å². The second kappa shape index (κ2) is 8.25. The van der Waals surface area contributed by atoms with Crippen LogP contribution in [0.5, 0.6) is 5.75 Å². The summed E-state index contributed by atoms with van der Waals surface area (Å²) in [5.74, 6) is -0.0120. The number of H-pyrrole nitrogens is 1. The summed E-state index contributed by atoms with van der Waals surface area (Å²) in [6, 6.07) is 13.2. The smallest absolute Gasteiger partial charge is 0.270 e. The molecular formula is C19H13ClFN3O2S. The normalized spacial score (nSPS) is 10.4. The summed E-state index contributed by atoms with van der Waals surface area (Å²) in [6.45, 7) is 0.140. The molecule has 3 rings (SSSR count). The second-order valence-corrected chi connectivity index (χ2v) is 6.68. The lowest BCUT2D eigenvalue weighted by molar-refractivity contribution is 0.305. The van der Waals surface area contributed by atoms with Gasteiger partial charge in [0.1, 0.15) is 29.8 Å². The van der Waals surface area contributed by atoms with Crippen molar-refractivity contribution in [2.45, 2.75) is 11.8 Å². The monoisotopic (exact) mass is 401 g/mol. The number of thioether (sulfide) groups is 1. The number of nitriles is 1. The Morgan fingerprint density at radius 1 is 1.33 bits per heavy atom. The minimum atomic E-state index is -0.512. The maximum absolute atomic E-state index is 13.5. The SMILES string of the molecule is CSc1nc(-c2cccc(OCc3ccc(Cl)c(F)c3)c2)c(C#N)c(=O)[nH]1.